The normalized spacial score (nSPS) is 12.2. The average Bonchev–Trinajstić information content (AvgIpc) is 2.25. The maximum absolute atomic E-state index is 11.7. The molecule has 1 atom stereocenters. The van der Waals surface area contributed by atoms with Gasteiger partial charge in [-0.05, 0) is 18.8 Å². The Hall–Kier alpha value is -1.09. The molecule has 0 aromatic heterocycles. The molecule has 0 bridgehead atoms. The zero-order valence-corrected chi connectivity index (χ0v) is 9.41. The van der Waals surface area contributed by atoms with E-state index in [1.54, 1.807) is 12.2 Å². The monoisotopic (exact) mass is 211 g/mol. The van der Waals surface area contributed by atoms with Gasteiger partial charge in [0.1, 0.15) is 0 Å². The van der Waals surface area contributed by atoms with E-state index in [2.05, 4.69) is 18.5 Å². The first-order valence-corrected chi connectivity index (χ1v) is 5.26. The molecule has 0 saturated heterocycles. The fourth-order valence-corrected chi connectivity index (χ4v) is 1.20. The van der Waals surface area contributed by atoms with Gasteiger partial charge in [0.15, 0.2) is 0 Å². The second-order valence-electron chi connectivity index (χ2n) is 3.78. The second kappa shape index (κ2) is 8.24. The van der Waals surface area contributed by atoms with Crippen LogP contribution in [0.5, 0.6) is 0 Å². The van der Waals surface area contributed by atoms with E-state index in [0.717, 1.165) is 0 Å². The van der Waals surface area contributed by atoms with E-state index >= 15 is 0 Å². The summed E-state index contributed by atoms with van der Waals surface area (Å²) in [4.78, 5) is 11.7. The van der Waals surface area contributed by atoms with Crippen molar-refractivity contribution in [3.8, 4) is 0 Å². The van der Waals surface area contributed by atoms with Crippen molar-refractivity contribution in [2.45, 2.75) is 19.8 Å². The molecule has 1 amide bonds. The van der Waals surface area contributed by atoms with Crippen LogP contribution in [0, 0.1) is 11.8 Å². The highest BCUT2D eigenvalue weighted by molar-refractivity contribution is 5.78. The Morgan fingerprint density at radius 2 is 1.93 bits per heavy atom. The zero-order chi connectivity index (χ0) is 11.7. The van der Waals surface area contributed by atoms with Crippen molar-refractivity contribution >= 4 is 5.91 Å². The fourth-order valence-electron chi connectivity index (χ4n) is 1.20. The topological polar surface area (TPSA) is 49.3 Å². The molecule has 86 valence electrons. The molecule has 0 spiro atoms. The Balaban J connectivity index is 4.01. The van der Waals surface area contributed by atoms with E-state index < -0.39 is 0 Å². The summed E-state index contributed by atoms with van der Waals surface area (Å²) in [6.07, 6.45) is 4.79. The summed E-state index contributed by atoms with van der Waals surface area (Å²) < 4.78 is 0. The van der Waals surface area contributed by atoms with Gasteiger partial charge in [0.25, 0.3) is 0 Å². The molecule has 2 N–H and O–H groups in total. The van der Waals surface area contributed by atoms with Crippen LogP contribution in [0.1, 0.15) is 19.8 Å². The van der Waals surface area contributed by atoms with Crippen LogP contribution in [-0.2, 0) is 4.79 Å². The number of aliphatic hydroxyl groups excluding tert-OH is 1. The predicted octanol–water partition coefficient (Wildman–Crippen LogP) is 1.50. The Labute approximate surface area is 91.9 Å². The lowest BCUT2D eigenvalue weighted by molar-refractivity contribution is -0.125. The van der Waals surface area contributed by atoms with Gasteiger partial charge in [-0.2, -0.15) is 0 Å². The van der Waals surface area contributed by atoms with E-state index in [1.807, 2.05) is 6.92 Å². The standard InChI is InChI=1S/C12H21NO2/c1-4-6-11(7-5-2)12(15)13-8-10(3)9-14/h4-5,10-11,14H,1-2,6-9H2,3H3,(H,13,15). The van der Waals surface area contributed by atoms with Gasteiger partial charge in [-0.15, -0.1) is 13.2 Å². The first-order chi connectivity index (χ1) is 7.15. The maximum Gasteiger partial charge on any atom is 0.223 e. The van der Waals surface area contributed by atoms with E-state index in [-0.39, 0.29) is 24.3 Å². The van der Waals surface area contributed by atoms with Gasteiger partial charge in [0.2, 0.25) is 5.91 Å². The van der Waals surface area contributed by atoms with Crippen molar-refractivity contribution in [3.63, 3.8) is 0 Å². The summed E-state index contributed by atoms with van der Waals surface area (Å²) >= 11 is 0. The van der Waals surface area contributed by atoms with Crippen LogP contribution in [0.15, 0.2) is 25.3 Å². The third kappa shape index (κ3) is 6.07. The zero-order valence-electron chi connectivity index (χ0n) is 9.41. The molecule has 0 aromatic rings. The van der Waals surface area contributed by atoms with Gasteiger partial charge in [0.05, 0.1) is 0 Å². The molecule has 0 rings (SSSR count). The quantitative estimate of drug-likeness (QED) is 0.598. The first-order valence-electron chi connectivity index (χ1n) is 5.26. The lowest BCUT2D eigenvalue weighted by atomic mass is 10.0. The molecule has 0 aliphatic rings. The van der Waals surface area contributed by atoms with Gasteiger partial charge in [-0.25, -0.2) is 0 Å². The number of nitrogens with one attached hydrogen (secondary N) is 1. The molecule has 0 fully saturated rings. The van der Waals surface area contributed by atoms with Gasteiger partial charge in [-0.1, -0.05) is 19.1 Å². The molecule has 0 saturated carbocycles. The SMILES string of the molecule is C=CCC(CC=C)C(=O)NCC(C)CO. The number of hydrogen-bond acceptors (Lipinski definition) is 2. The number of carbonyl (C=O) groups is 1. The van der Waals surface area contributed by atoms with Crippen LogP contribution >= 0.6 is 0 Å². The minimum absolute atomic E-state index is 0.00935. The van der Waals surface area contributed by atoms with Crippen LogP contribution < -0.4 is 5.32 Å². The van der Waals surface area contributed by atoms with Crippen LogP contribution in [0.2, 0.25) is 0 Å². The van der Waals surface area contributed by atoms with Crippen LogP contribution in [0.3, 0.4) is 0 Å². The number of carbonyl (C=O) groups excluding carboxylic acids is 1. The number of hydrogen-bond donors (Lipinski definition) is 2. The molecular formula is C12H21NO2. The Morgan fingerprint density at radius 3 is 2.33 bits per heavy atom. The van der Waals surface area contributed by atoms with E-state index in [1.165, 1.54) is 0 Å². The molecule has 0 radical (unpaired) electrons. The molecule has 0 aromatic carbocycles. The minimum Gasteiger partial charge on any atom is -0.396 e. The third-order valence-electron chi connectivity index (χ3n) is 2.21. The number of amides is 1. The summed E-state index contributed by atoms with van der Waals surface area (Å²) in [5, 5.41) is 11.6. The average molecular weight is 211 g/mol. The van der Waals surface area contributed by atoms with Crippen LogP contribution in [0.25, 0.3) is 0 Å². The Kier molecular flexibility index (Phi) is 7.64. The highest BCUT2D eigenvalue weighted by atomic mass is 16.3. The van der Waals surface area contributed by atoms with Crippen molar-refractivity contribution in [1.82, 2.24) is 5.32 Å². The summed E-state index contributed by atoms with van der Waals surface area (Å²) in [5.74, 6) is 0.0306. The minimum atomic E-state index is -0.0779. The number of aliphatic hydroxyl groups is 1. The van der Waals surface area contributed by atoms with Gasteiger partial charge < -0.3 is 10.4 Å². The van der Waals surface area contributed by atoms with E-state index in [0.29, 0.717) is 19.4 Å². The van der Waals surface area contributed by atoms with Crippen molar-refractivity contribution in [2.24, 2.45) is 11.8 Å². The molecule has 3 nitrogen and oxygen atoms in total. The number of allylic oxidation sites excluding steroid dienone is 2. The highest BCUT2D eigenvalue weighted by Crippen LogP contribution is 2.10. The molecule has 3 heteroatoms. The molecule has 1 unspecified atom stereocenters. The van der Waals surface area contributed by atoms with Crippen LogP contribution in [0.4, 0.5) is 0 Å². The highest BCUT2D eigenvalue weighted by Gasteiger charge is 2.15. The molecular weight excluding hydrogens is 190 g/mol. The van der Waals surface area contributed by atoms with Crippen molar-refractivity contribution in [3.05, 3.63) is 25.3 Å². The predicted molar refractivity (Wildman–Crippen MR) is 62.4 cm³/mol. The largest absolute Gasteiger partial charge is 0.396 e. The molecule has 0 aliphatic carbocycles. The summed E-state index contributed by atoms with van der Waals surface area (Å²) in [6, 6.07) is 0. The lowest BCUT2D eigenvalue weighted by Gasteiger charge is -2.15. The van der Waals surface area contributed by atoms with Crippen molar-refractivity contribution < 1.29 is 9.90 Å². The van der Waals surface area contributed by atoms with Crippen molar-refractivity contribution in [1.29, 1.82) is 0 Å². The second-order valence-corrected chi connectivity index (χ2v) is 3.78. The summed E-state index contributed by atoms with van der Waals surface area (Å²) in [5.41, 5.74) is 0. The van der Waals surface area contributed by atoms with Crippen LogP contribution in [-0.4, -0.2) is 24.2 Å². The lowest BCUT2D eigenvalue weighted by Crippen LogP contribution is -2.34. The van der Waals surface area contributed by atoms with Gasteiger partial charge >= 0.3 is 0 Å². The third-order valence-corrected chi connectivity index (χ3v) is 2.21. The number of rotatable bonds is 8. The van der Waals surface area contributed by atoms with Crippen molar-refractivity contribution in [2.75, 3.05) is 13.2 Å². The van der Waals surface area contributed by atoms with E-state index in [9.17, 15) is 4.79 Å². The summed E-state index contributed by atoms with van der Waals surface area (Å²) in [7, 11) is 0. The smallest absolute Gasteiger partial charge is 0.223 e. The molecule has 0 heterocycles. The summed E-state index contributed by atoms with van der Waals surface area (Å²) in [6.45, 7) is 9.73. The van der Waals surface area contributed by atoms with E-state index in [4.69, 9.17) is 5.11 Å². The Bertz CT molecular complexity index is 204. The van der Waals surface area contributed by atoms with Gasteiger partial charge in [-0.3, -0.25) is 4.79 Å². The molecule has 0 aliphatic heterocycles. The van der Waals surface area contributed by atoms with Gasteiger partial charge in [0, 0.05) is 19.1 Å². The Morgan fingerprint density at radius 1 is 1.40 bits per heavy atom. The fraction of sp³-hybridized carbons (Fsp3) is 0.583. The molecule has 15 heavy (non-hydrogen) atoms. The maximum atomic E-state index is 11.7. The first kappa shape index (κ1) is 13.9.